The van der Waals surface area contributed by atoms with Gasteiger partial charge in [-0.05, 0) is 48.0 Å². The zero-order valence-electron chi connectivity index (χ0n) is 14.1. The number of hydrogen-bond acceptors (Lipinski definition) is 6. The third-order valence-electron chi connectivity index (χ3n) is 3.48. The van der Waals surface area contributed by atoms with E-state index in [1.807, 2.05) is 6.07 Å². The summed E-state index contributed by atoms with van der Waals surface area (Å²) in [5.74, 6) is 0.323. The van der Waals surface area contributed by atoms with Crippen molar-refractivity contribution in [1.82, 2.24) is 10.2 Å². The summed E-state index contributed by atoms with van der Waals surface area (Å²) in [6.07, 6.45) is 1.67. The molecule has 27 heavy (non-hydrogen) atoms. The first-order valence-corrected chi connectivity index (χ1v) is 8.95. The van der Waals surface area contributed by atoms with Crippen LogP contribution in [0, 0.1) is 11.3 Å². The maximum absolute atomic E-state index is 12.3. The van der Waals surface area contributed by atoms with Crippen LogP contribution in [0.5, 0.6) is 5.75 Å². The Morgan fingerprint density at radius 3 is 2.67 bits per heavy atom. The molecule has 3 aromatic rings. The quantitative estimate of drug-likeness (QED) is 0.690. The summed E-state index contributed by atoms with van der Waals surface area (Å²) in [6, 6.07) is 16.0. The van der Waals surface area contributed by atoms with E-state index in [2.05, 4.69) is 21.6 Å². The molecule has 2 aromatic carbocycles. The second-order valence-electron chi connectivity index (χ2n) is 5.32. The molecule has 1 N–H and O–H groups in total. The second kappa shape index (κ2) is 8.45. The molecule has 0 saturated carbocycles. The van der Waals surface area contributed by atoms with Gasteiger partial charge < -0.3 is 10.1 Å². The number of anilines is 1. The van der Waals surface area contributed by atoms with Crippen LogP contribution in [0.15, 0.2) is 48.5 Å². The highest BCUT2D eigenvalue weighted by atomic mass is 35.5. The van der Waals surface area contributed by atoms with Gasteiger partial charge in [0.05, 0.1) is 23.8 Å². The molecule has 0 saturated heterocycles. The van der Waals surface area contributed by atoms with Crippen molar-refractivity contribution in [2.24, 2.45) is 0 Å². The molecule has 0 atom stereocenters. The zero-order chi connectivity index (χ0) is 19.2. The summed E-state index contributed by atoms with van der Waals surface area (Å²) < 4.78 is 5.08. The molecule has 0 spiro atoms. The number of benzene rings is 2. The molecule has 1 aromatic heterocycles. The molecular formula is C19H13ClN4O2S. The number of nitriles is 1. The van der Waals surface area contributed by atoms with Gasteiger partial charge >= 0.3 is 0 Å². The molecule has 0 aliphatic carbocycles. The van der Waals surface area contributed by atoms with Crippen LogP contribution >= 0.6 is 22.9 Å². The first-order chi connectivity index (χ1) is 13.1. The zero-order valence-corrected chi connectivity index (χ0v) is 15.7. The minimum absolute atomic E-state index is 0.193. The molecule has 0 unspecified atom stereocenters. The number of hydrogen-bond donors (Lipinski definition) is 1. The number of amides is 1. The fourth-order valence-electron chi connectivity index (χ4n) is 2.18. The Kier molecular flexibility index (Phi) is 5.81. The number of carbonyl (C=O) groups excluding carboxylic acids is 1. The van der Waals surface area contributed by atoms with Crippen molar-refractivity contribution in [2.45, 2.75) is 0 Å². The number of carbonyl (C=O) groups is 1. The maximum Gasteiger partial charge on any atom is 0.286 e. The molecule has 134 valence electrons. The van der Waals surface area contributed by atoms with Crippen LogP contribution in [0.3, 0.4) is 0 Å². The molecule has 0 fully saturated rings. The van der Waals surface area contributed by atoms with Gasteiger partial charge in [0.2, 0.25) is 5.01 Å². The lowest BCUT2D eigenvalue weighted by Gasteiger charge is -2.03. The highest BCUT2D eigenvalue weighted by Crippen LogP contribution is 2.26. The van der Waals surface area contributed by atoms with Crippen molar-refractivity contribution in [3.05, 3.63) is 69.7 Å². The Balaban J connectivity index is 1.73. The van der Waals surface area contributed by atoms with Gasteiger partial charge in [-0.2, -0.15) is 5.26 Å². The van der Waals surface area contributed by atoms with Crippen molar-refractivity contribution in [1.29, 1.82) is 5.26 Å². The van der Waals surface area contributed by atoms with Crippen molar-refractivity contribution in [3.8, 4) is 11.8 Å². The largest absolute Gasteiger partial charge is 0.497 e. The third-order valence-corrected chi connectivity index (χ3v) is 4.84. The molecule has 0 aliphatic rings. The molecule has 0 aliphatic heterocycles. The number of nitrogens with zero attached hydrogens (tertiary/aromatic N) is 3. The molecule has 3 rings (SSSR count). The number of ether oxygens (including phenoxy) is 1. The Hall–Kier alpha value is -3.21. The lowest BCUT2D eigenvalue weighted by molar-refractivity contribution is 0.102. The summed E-state index contributed by atoms with van der Waals surface area (Å²) in [5, 5.41) is 20.5. The van der Waals surface area contributed by atoms with Crippen LogP contribution in [-0.4, -0.2) is 23.2 Å². The second-order valence-corrected chi connectivity index (χ2v) is 6.71. The molecule has 0 radical (unpaired) electrons. The van der Waals surface area contributed by atoms with Crippen molar-refractivity contribution in [3.63, 3.8) is 0 Å². The summed E-state index contributed by atoms with van der Waals surface area (Å²) in [7, 11) is 1.57. The fourth-order valence-corrected chi connectivity index (χ4v) is 3.10. The Morgan fingerprint density at radius 1 is 1.22 bits per heavy atom. The Bertz CT molecular complexity index is 1040. The Morgan fingerprint density at radius 2 is 1.96 bits per heavy atom. The van der Waals surface area contributed by atoms with Gasteiger partial charge in [0, 0.05) is 5.69 Å². The molecule has 6 nitrogen and oxygen atoms in total. The van der Waals surface area contributed by atoms with Gasteiger partial charge in [0.15, 0.2) is 5.01 Å². The van der Waals surface area contributed by atoms with Crippen molar-refractivity contribution in [2.75, 3.05) is 12.4 Å². The predicted molar refractivity (Wildman–Crippen MR) is 106 cm³/mol. The first-order valence-electron chi connectivity index (χ1n) is 7.75. The fraction of sp³-hybridized carbons (Fsp3) is 0.0526. The average molecular weight is 397 g/mol. The molecule has 8 heteroatoms. The number of aromatic nitrogens is 2. The van der Waals surface area contributed by atoms with E-state index in [9.17, 15) is 4.79 Å². The van der Waals surface area contributed by atoms with Crippen molar-refractivity contribution < 1.29 is 9.53 Å². The average Bonchev–Trinajstić information content (AvgIpc) is 3.19. The van der Waals surface area contributed by atoms with Crippen molar-refractivity contribution >= 4 is 45.6 Å². The number of methoxy groups -OCH3 is 1. The van der Waals surface area contributed by atoms with E-state index in [1.165, 1.54) is 0 Å². The number of rotatable bonds is 5. The smallest absolute Gasteiger partial charge is 0.286 e. The summed E-state index contributed by atoms with van der Waals surface area (Å²) >= 11 is 7.37. The van der Waals surface area contributed by atoms with Gasteiger partial charge in [-0.3, -0.25) is 4.79 Å². The van der Waals surface area contributed by atoms with E-state index < -0.39 is 0 Å². The predicted octanol–water partition coefficient (Wildman–Crippen LogP) is 4.41. The van der Waals surface area contributed by atoms with Crippen LogP contribution in [0.1, 0.15) is 25.9 Å². The molecule has 0 bridgehead atoms. The van der Waals surface area contributed by atoms with Crippen LogP contribution < -0.4 is 10.1 Å². The minimum Gasteiger partial charge on any atom is -0.497 e. The normalized spacial score (nSPS) is 10.9. The van der Waals surface area contributed by atoms with E-state index >= 15 is 0 Å². The minimum atomic E-state index is -0.375. The number of halogens is 1. The van der Waals surface area contributed by atoms with Crippen LogP contribution in [0.4, 0.5) is 5.69 Å². The van der Waals surface area contributed by atoms with E-state index in [0.717, 1.165) is 16.9 Å². The van der Waals surface area contributed by atoms with Gasteiger partial charge in [-0.15, -0.1) is 10.2 Å². The van der Waals surface area contributed by atoms with Crippen LogP contribution in [0.2, 0.25) is 0 Å². The van der Waals surface area contributed by atoms with Gasteiger partial charge in [-0.25, -0.2) is 0 Å². The summed E-state index contributed by atoms with van der Waals surface area (Å²) in [4.78, 5) is 12.3. The Labute approximate surface area is 164 Å². The van der Waals surface area contributed by atoms with E-state index in [-0.39, 0.29) is 10.9 Å². The summed E-state index contributed by atoms with van der Waals surface area (Å²) in [5.41, 5.74) is 1.91. The monoisotopic (exact) mass is 396 g/mol. The molecular weight excluding hydrogens is 384 g/mol. The number of nitrogens with one attached hydrogen (secondary N) is 1. The van der Waals surface area contributed by atoms with Gasteiger partial charge in [0.25, 0.3) is 5.91 Å². The van der Waals surface area contributed by atoms with E-state index in [4.69, 9.17) is 21.6 Å². The summed E-state index contributed by atoms with van der Waals surface area (Å²) in [6.45, 7) is 0. The van der Waals surface area contributed by atoms with Crippen LogP contribution in [0.25, 0.3) is 11.1 Å². The van der Waals surface area contributed by atoms with Crippen LogP contribution in [-0.2, 0) is 0 Å². The SMILES string of the molecule is COc1ccc(NC(=O)c2nnc(/C(Cl)=C/c3cccc(C#N)c3)s2)cc1. The van der Waals surface area contributed by atoms with E-state index in [1.54, 1.807) is 55.7 Å². The standard InChI is InChI=1S/C19H13ClN4O2S/c1-26-15-7-5-14(6-8-15)22-17(25)19-24-23-18(27-19)16(20)10-12-3-2-4-13(9-12)11-21/h2-10H,1H3,(H,22,25)/b16-10-. The third kappa shape index (κ3) is 4.70. The van der Waals surface area contributed by atoms with E-state index in [0.29, 0.717) is 27.0 Å². The molecule has 1 heterocycles. The molecule has 1 amide bonds. The van der Waals surface area contributed by atoms with Gasteiger partial charge in [-0.1, -0.05) is 35.1 Å². The highest BCUT2D eigenvalue weighted by molar-refractivity contribution is 7.15. The van der Waals surface area contributed by atoms with Gasteiger partial charge in [0.1, 0.15) is 5.75 Å². The first kappa shape index (κ1) is 18.6. The lowest BCUT2D eigenvalue weighted by atomic mass is 10.1. The highest BCUT2D eigenvalue weighted by Gasteiger charge is 2.15. The maximum atomic E-state index is 12.3. The lowest BCUT2D eigenvalue weighted by Crippen LogP contribution is -2.11. The topological polar surface area (TPSA) is 87.9 Å².